The van der Waals surface area contributed by atoms with Gasteiger partial charge >= 0.3 is 11.9 Å². The number of benzene rings is 3. The van der Waals surface area contributed by atoms with Gasteiger partial charge in [-0.25, -0.2) is 0 Å². The number of rotatable bonds is 6. The second-order valence-corrected chi connectivity index (χ2v) is 6.81. The van der Waals surface area contributed by atoms with E-state index in [2.05, 4.69) is 19.1 Å². The zero-order valence-electron chi connectivity index (χ0n) is 17.3. The Hall–Kier alpha value is -3.66. The lowest BCUT2D eigenvalue weighted by Crippen LogP contribution is -2.02. The highest BCUT2D eigenvalue weighted by Gasteiger charge is 2.14. The Morgan fingerprint density at radius 1 is 0.667 bits per heavy atom. The molecule has 0 unspecified atom stereocenters. The second-order valence-electron chi connectivity index (χ2n) is 6.81. The van der Waals surface area contributed by atoms with Crippen LogP contribution in [0.4, 0.5) is 0 Å². The summed E-state index contributed by atoms with van der Waals surface area (Å²) in [6.45, 7) is 4.88. The molecule has 0 radical (unpaired) electrons. The molecule has 3 aromatic carbocycles. The average Bonchev–Trinajstić information content (AvgIpc) is 2.72. The van der Waals surface area contributed by atoms with Crippen molar-refractivity contribution >= 4 is 23.1 Å². The molecule has 0 aliphatic rings. The van der Waals surface area contributed by atoms with Crippen LogP contribution in [0, 0.1) is 0 Å². The summed E-state index contributed by atoms with van der Waals surface area (Å²) in [4.78, 5) is 22.6. The van der Waals surface area contributed by atoms with Crippen molar-refractivity contribution in [2.45, 2.75) is 27.2 Å². The van der Waals surface area contributed by atoms with Gasteiger partial charge in [-0.15, -0.1) is 0 Å². The zero-order valence-corrected chi connectivity index (χ0v) is 17.3. The molecular formula is C26H24O4. The van der Waals surface area contributed by atoms with Crippen LogP contribution in [0.15, 0.2) is 78.9 Å². The van der Waals surface area contributed by atoms with Gasteiger partial charge in [-0.05, 0) is 58.5 Å². The summed E-state index contributed by atoms with van der Waals surface area (Å²) < 4.78 is 10.5. The monoisotopic (exact) mass is 400 g/mol. The number of hydrogen-bond acceptors (Lipinski definition) is 4. The maximum atomic E-state index is 11.4. The Labute approximate surface area is 176 Å². The van der Waals surface area contributed by atoms with Crippen molar-refractivity contribution < 1.29 is 19.1 Å². The number of esters is 2. The smallest absolute Gasteiger partial charge is 0.308 e. The summed E-state index contributed by atoms with van der Waals surface area (Å²) in [5.41, 5.74) is 5.26. The fourth-order valence-corrected chi connectivity index (χ4v) is 3.42. The molecule has 152 valence electrons. The molecule has 0 fully saturated rings. The summed E-state index contributed by atoms with van der Waals surface area (Å²) in [7, 11) is 0. The first kappa shape index (κ1) is 21.1. The summed E-state index contributed by atoms with van der Waals surface area (Å²) in [5, 5.41) is 0. The first-order valence-electron chi connectivity index (χ1n) is 9.84. The molecule has 0 heterocycles. The molecule has 30 heavy (non-hydrogen) atoms. The van der Waals surface area contributed by atoms with E-state index in [0.29, 0.717) is 11.5 Å². The van der Waals surface area contributed by atoms with Crippen molar-refractivity contribution in [3.05, 3.63) is 95.6 Å². The third-order valence-corrected chi connectivity index (χ3v) is 4.57. The van der Waals surface area contributed by atoms with E-state index in [4.69, 9.17) is 9.47 Å². The van der Waals surface area contributed by atoms with Gasteiger partial charge < -0.3 is 9.47 Å². The second kappa shape index (κ2) is 9.70. The van der Waals surface area contributed by atoms with Crippen LogP contribution in [0.5, 0.6) is 11.5 Å². The van der Waals surface area contributed by atoms with Gasteiger partial charge in [0.1, 0.15) is 11.5 Å². The summed E-state index contributed by atoms with van der Waals surface area (Å²) in [6, 6.07) is 25.2. The summed E-state index contributed by atoms with van der Waals surface area (Å²) in [5.74, 6) is 0.323. The van der Waals surface area contributed by atoms with Crippen molar-refractivity contribution in [3.63, 3.8) is 0 Å². The van der Waals surface area contributed by atoms with Crippen LogP contribution < -0.4 is 9.47 Å². The van der Waals surface area contributed by atoms with Crippen molar-refractivity contribution in [2.75, 3.05) is 0 Å². The van der Waals surface area contributed by atoms with Crippen LogP contribution in [0.3, 0.4) is 0 Å². The maximum Gasteiger partial charge on any atom is 0.308 e. The lowest BCUT2D eigenvalue weighted by Gasteiger charge is -2.17. The standard InChI is InChI=1S/C26H24O4/c1-4-25(20-13-15-23(16-14-20)29-18(2)27)26(21-9-6-5-7-10-21)22-11-8-12-24(17-22)30-19(3)28/h5-17H,4H2,1-3H3/b26-25+. The first-order chi connectivity index (χ1) is 14.5. The Balaban J connectivity index is 2.16. The highest BCUT2D eigenvalue weighted by molar-refractivity contribution is 5.98. The SMILES string of the molecule is CC/C(=C(/c1ccccc1)c1cccc(OC(C)=O)c1)c1ccc(OC(C)=O)cc1. The first-order valence-corrected chi connectivity index (χ1v) is 9.84. The number of carbonyl (C=O) groups excluding carboxylic acids is 2. The van der Waals surface area contributed by atoms with Crippen molar-refractivity contribution in [1.82, 2.24) is 0 Å². The van der Waals surface area contributed by atoms with Crippen molar-refractivity contribution in [1.29, 1.82) is 0 Å². The molecule has 0 saturated carbocycles. The molecule has 0 bridgehead atoms. The van der Waals surface area contributed by atoms with E-state index in [9.17, 15) is 9.59 Å². The van der Waals surface area contributed by atoms with Crippen molar-refractivity contribution in [3.8, 4) is 11.5 Å². The van der Waals surface area contributed by atoms with Gasteiger partial charge in [-0.3, -0.25) is 9.59 Å². The molecule has 0 aromatic heterocycles. The number of carbonyl (C=O) groups is 2. The molecule has 0 N–H and O–H groups in total. The van der Waals surface area contributed by atoms with Gasteiger partial charge in [0, 0.05) is 13.8 Å². The van der Waals surface area contributed by atoms with Crippen LogP contribution in [0.1, 0.15) is 43.9 Å². The molecular weight excluding hydrogens is 376 g/mol. The average molecular weight is 400 g/mol. The quantitative estimate of drug-likeness (QED) is 0.293. The molecule has 0 aliphatic carbocycles. The van der Waals surface area contributed by atoms with Gasteiger partial charge in [-0.1, -0.05) is 61.5 Å². The largest absolute Gasteiger partial charge is 0.427 e. The van der Waals surface area contributed by atoms with E-state index in [-0.39, 0.29) is 11.9 Å². The van der Waals surface area contributed by atoms with Crippen LogP contribution >= 0.6 is 0 Å². The minimum absolute atomic E-state index is 0.346. The van der Waals surface area contributed by atoms with Crippen LogP contribution in [-0.4, -0.2) is 11.9 Å². The molecule has 4 heteroatoms. The van der Waals surface area contributed by atoms with Gasteiger partial charge in [0.25, 0.3) is 0 Å². The normalized spacial score (nSPS) is 11.4. The Morgan fingerprint density at radius 2 is 1.27 bits per heavy atom. The van der Waals surface area contributed by atoms with E-state index in [1.54, 1.807) is 18.2 Å². The Bertz CT molecular complexity index is 1060. The van der Waals surface area contributed by atoms with E-state index in [0.717, 1.165) is 34.3 Å². The number of hydrogen-bond donors (Lipinski definition) is 0. The number of ether oxygens (including phenoxy) is 2. The van der Waals surface area contributed by atoms with Crippen molar-refractivity contribution in [2.24, 2.45) is 0 Å². The molecule has 0 amide bonds. The molecule has 3 rings (SSSR count). The third-order valence-electron chi connectivity index (χ3n) is 4.57. The lowest BCUT2D eigenvalue weighted by molar-refractivity contribution is -0.132. The third kappa shape index (κ3) is 5.23. The van der Waals surface area contributed by atoms with E-state index >= 15 is 0 Å². The van der Waals surface area contributed by atoms with E-state index in [1.165, 1.54) is 13.8 Å². The zero-order chi connectivity index (χ0) is 21.5. The van der Waals surface area contributed by atoms with E-state index in [1.807, 2.05) is 48.5 Å². The highest BCUT2D eigenvalue weighted by atomic mass is 16.5. The van der Waals surface area contributed by atoms with E-state index < -0.39 is 0 Å². The molecule has 3 aromatic rings. The molecule has 0 atom stereocenters. The molecule has 0 spiro atoms. The highest BCUT2D eigenvalue weighted by Crippen LogP contribution is 2.36. The Kier molecular flexibility index (Phi) is 6.81. The minimum Gasteiger partial charge on any atom is -0.427 e. The lowest BCUT2D eigenvalue weighted by atomic mass is 9.88. The number of allylic oxidation sites excluding steroid dienone is 1. The molecule has 0 saturated heterocycles. The predicted octanol–water partition coefficient (Wildman–Crippen LogP) is 5.91. The molecule has 4 nitrogen and oxygen atoms in total. The maximum absolute atomic E-state index is 11.4. The van der Waals surface area contributed by atoms with Gasteiger partial charge in [0.15, 0.2) is 0 Å². The topological polar surface area (TPSA) is 52.6 Å². The van der Waals surface area contributed by atoms with Gasteiger partial charge in [0.2, 0.25) is 0 Å². The summed E-state index contributed by atoms with van der Waals surface area (Å²) >= 11 is 0. The fraction of sp³-hybridized carbons (Fsp3) is 0.154. The van der Waals surface area contributed by atoms with Gasteiger partial charge in [0.05, 0.1) is 0 Å². The van der Waals surface area contributed by atoms with Crippen LogP contribution in [-0.2, 0) is 9.59 Å². The van der Waals surface area contributed by atoms with Gasteiger partial charge in [-0.2, -0.15) is 0 Å². The fourth-order valence-electron chi connectivity index (χ4n) is 3.42. The predicted molar refractivity (Wildman–Crippen MR) is 118 cm³/mol. The minimum atomic E-state index is -0.353. The summed E-state index contributed by atoms with van der Waals surface area (Å²) in [6.07, 6.45) is 0.787. The van der Waals surface area contributed by atoms with Crippen LogP contribution in [0.2, 0.25) is 0 Å². The van der Waals surface area contributed by atoms with Crippen LogP contribution in [0.25, 0.3) is 11.1 Å². The molecule has 0 aliphatic heterocycles. The Morgan fingerprint density at radius 3 is 1.87 bits per heavy atom.